The van der Waals surface area contributed by atoms with Gasteiger partial charge in [0.05, 0.1) is 6.61 Å². The van der Waals surface area contributed by atoms with Gasteiger partial charge >= 0.3 is 6.61 Å². The first-order chi connectivity index (χ1) is 9.56. The molecule has 0 bridgehead atoms. The average Bonchev–Trinajstić information content (AvgIpc) is 2.39. The van der Waals surface area contributed by atoms with Gasteiger partial charge in [0.15, 0.2) is 11.5 Å². The Bertz CT molecular complexity index is 447. The Morgan fingerprint density at radius 2 is 2.05 bits per heavy atom. The van der Waals surface area contributed by atoms with Gasteiger partial charge in [-0.25, -0.2) is 0 Å². The van der Waals surface area contributed by atoms with Crippen LogP contribution in [-0.4, -0.2) is 26.3 Å². The number of halogens is 2. The minimum atomic E-state index is -2.86. The molecule has 0 aliphatic carbocycles. The smallest absolute Gasteiger partial charge is 0.387 e. The molecule has 0 aromatic heterocycles. The lowest BCUT2D eigenvalue weighted by Crippen LogP contribution is -2.14. The van der Waals surface area contributed by atoms with E-state index < -0.39 is 6.61 Å². The first-order valence-electron chi connectivity index (χ1n) is 6.66. The number of alkyl halides is 2. The van der Waals surface area contributed by atoms with Crippen LogP contribution >= 0.6 is 0 Å². The predicted octanol–water partition coefficient (Wildman–Crippen LogP) is 3.70. The van der Waals surface area contributed by atoms with Gasteiger partial charge in [0.25, 0.3) is 0 Å². The molecule has 0 unspecified atom stereocenters. The van der Waals surface area contributed by atoms with Gasteiger partial charge in [-0.1, -0.05) is 24.6 Å². The lowest BCUT2D eigenvalue weighted by Gasteiger charge is -2.12. The van der Waals surface area contributed by atoms with Crippen molar-refractivity contribution in [1.29, 1.82) is 0 Å². The zero-order valence-corrected chi connectivity index (χ0v) is 12.1. The summed E-state index contributed by atoms with van der Waals surface area (Å²) in [6, 6.07) is 4.94. The van der Waals surface area contributed by atoms with E-state index in [0.29, 0.717) is 12.4 Å². The van der Waals surface area contributed by atoms with E-state index in [0.717, 1.165) is 24.2 Å². The molecule has 0 saturated heterocycles. The molecule has 0 heterocycles. The molecule has 1 N–H and O–H groups in total. The quantitative estimate of drug-likeness (QED) is 0.790. The van der Waals surface area contributed by atoms with Crippen LogP contribution in [-0.2, 0) is 0 Å². The monoisotopic (exact) mass is 285 g/mol. The third kappa shape index (κ3) is 5.57. The predicted molar refractivity (Wildman–Crippen MR) is 76.4 cm³/mol. The number of hydrogen-bond donors (Lipinski definition) is 1. The van der Waals surface area contributed by atoms with Gasteiger partial charge in [-0.05, 0) is 38.1 Å². The average molecular weight is 285 g/mol. The second kappa shape index (κ2) is 8.53. The second-order valence-corrected chi connectivity index (χ2v) is 4.29. The second-order valence-electron chi connectivity index (χ2n) is 4.29. The topological polar surface area (TPSA) is 30.5 Å². The van der Waals surface area contributed by atoms with E-state index in [1.54, 1.807) is 19.1 Å². The van der Waals surface area contributed by atoms with Gasteiger partial charge in [0.2, 0.25) is 0 Å². The van der Waals surface area contributed by atoms with Crippen LogP contribution in [0.5, 0.6) is 11.5 Å². The van der Waals surface area contributed by atoms with Gasteiger partial charge in [-0.2, -0.15) is 8.78 Å². The maximum atomic E-state index is 12.3. The summed E-state index contributed by atoms with van der Waals surface area (Å²) in [7, 11) is 0. The summed E-state index contributed by atoms with van der Waals surface area (Å²) in [5.41, 5.74) is 2.04. The molecule has 0 aliphatic rings. The number of likely N-dealkylation sites (N-methyl/N-ethyl adjacent to an activating group) is 1. The van der Waals surface area contributed by atoms with Gasteiger partial charge in [0.1, 0.15) is 0 Å². The standard InChI is InChI=1S/C15H21F2NO2/c1-4-18-10-11(3)8-12-6-7-13(20-15(16)17)14(9-12)19-5-2/h6-9,15,18H,4-5,10H2,1-3H3. The highest BCUT2D eigenvalue weighted by Gasteiger charge is 2.11. The van der Waals surface area contributed by atoms with E-state index in [9.17, 15) is 8.78 Å². The van der Waals surface area contributed by atoms with Gasteiger partial charge in [-0.3, -0.25) is 0 Å². The molecule has 0 amide bonds. The summed E-state index contributed by atoms with van der Waals surface area (Å²) < 4.78 is 34.4. The van der Waals surface area contributed by atoms with Crippen LogP contribution < -0.4 is 14.8 Å². The van der Waals surface area contributed by atoms with Crippen LogP contribution in [0.1, 0.15) is 26.3 Å². The highest BCUT2D eigenvalue weighted by Crippen LogP contribution is 2.30. The summed E-state index contributed by atoms with van der Waals surface area (Å²) in [5.74, 6) is 0.390. The summed E-state index contributed by atoms with van der Waals surface area (Å²) in [4.78, 5) is 0. The van der Waals surface area contributed by atoms with Crippen LogP contribution in [0, 0.1) is 0 Å². The van der Waals surface area contributed by atoms with Crippen molar-refractivity contribution >= 4 is 6.08 Å². The molecule has 1 aromatic rings. The summed E-state index contributed by atoms with van der Waals surface area (Å²) in [5, 5.41) is 3.22. The zero-order valence-electron chi connectivity index (χ0n) is 12.1. The van der Waals surface area contributed by atoms with E-state index >= 15 is 0 Å². The highest BCUT2D eigenvalue weighted by atomic mass is 19.3. The Morgan fingerprint density at radius 1 is 1.30 bits per heavy atom. The van der Waals surface area contributed by atoms with Crippen molar-refractivity contribution in [2.24, 2.45) is 0 Å². The molecular weight excluding hydrogens is 264 g/mol. The molecule has 1 aromatic carbocycles. The van der Waals surface area contributed by atoms with Crippen LogP contribution in [0.15, 0.2) is 23.8 Å². The molecule has 1 rings (SSSR count). The van der Waals surface area contributed by atoms with E-state index in [4.69, 9.17) is 4.74 Å². The molecule has 20 heavy (non-hydrogen) atoms. The Morgan fingerprint density at radius 3 is 2.65 bits per heavy atom. The van der Waals surface area contributed by atoms with Crippen LogP contribution in [0.3, 0.4) is 0 Å². The normalized spacial score (nSPS) is 11.8. The minimum absolute atomic E-state index is 0.0586. The zero-order chi connectivity index (χ0) is 15.0. The first-order valence-corrected chi connectivity index (χ1v) is 6.66. The summed E-state index contributed by atoms with van der Waals surface area (Å²) in [6.45, 7) is 5.07. The molecule has 0 radical (unpaired) electrons. The molecule has 0 fully saturated rings. The Hall–Kier alpha value is -1.62. The van der Waals surface area contributed by atoms with Crippen molar-refractivity contribution in [3.63, 3.8) is 0 Å². The Balaban J connectivity index is 2.91. The Labute approximate surface area is 118 Å². The largest absolute Gasteiger partial charge is 0.490 e. The van der Waals surface area contributed by atoms with Gasteiger partial charge < -0.3 is 14.8 Å². The van der Waals surface area contributed by atoms with E-state index in [2.05, 4.69) is 10.1 Å². The van der Waals surface area contributed by atoms with Gasteiger partial charge in [0, 0.05) is 6.54 Å². The first kappa shape index (κ1) is 16.4. The molecule has 3 nitrogen and oxygen atoms in total. The molecule has 0 saturated carbocycles. The summed E-state index contributed by atoms with van der Waals surface area (Å²) >= 11 is 0. The number of nitrogens with one attached hydrogen (secondary N) is 1. The fraction of sp³-hybridized carbons (Fsp3) is 0.467. The molecule has 112 valence electrons. The maximum Gasteiger partial charge on any atom is 0.387 e. The van der Waals surface area contributed by atoms with Crippen molar-refractivity contribution in [1.82, 2.24) is 5.32 Å². The van der Waals surface area contributed by atoms with Crippen molar-refractivity contribution in [2.45, 2.75) is 27.4 Å². The maximum absolute atomic E-state index is 12.3. The van der Waals surface area contributed by atoms with E-state index in [1.165, 1.54) is 6.07 Å². The van der Waals surface area contributed by atoms with Crippen molar-refractivity contribution in [3.05, 3.63) is 29.3 Å². The van der Waals surface area contributed by atoms with Crippen LogP contribution in [0.4, 0.5) is 8.78 Å². The number of benzene rings is 1. The highest BCUT2D eigenvalue weighted by molar-refractivity contribution is 5.58. The van der Waals surface area contributed by atoms with Crippen LogP contribution in [0.25, 0.3) is 6.08 Å². The van der Waals surface area contributed by atoms with Crippen molar-refractivity contribution in [2.75, 3.05) is 19.7 Å². The fourth-order valence-corrected chi connectivity index (χ4v) is 1.73. The van der Waals surface area contributed by atoms with Crippen molar-refractivity contribution in [3.8, 4) is 11.5 Å². The number of hydrogen-bond acceptors (Lipinski definition) is 3. The molecule has 0 spiro atoms. The minimum Gasteiger partial charge on any atom is -0.490 e. The lowest BCUT2D eigenvalue weighted by molar-refractivity contribution is -0.0514. The third-order valence-corrected chi connectivity index (χ3v) is 2.55. The SMILES string of the molecule is CCNCC(C)=Cc1ccc(OC(F)F)c(OCC)c1. The molecular formula is C15H21F2NO2. The molecule has 0 aliphatic heterocycles. The fourth-order valence-electron chi connectivity index (χ4n) is 1.73. The van der Waals surface area contributed by atoms with E-state index in [1.807, 2.05) is 19.9 Å². The Kier molecular flexibility index (Phi) is 7.01. The van der Waals surface area contributed by atoms with Crippen molar-refractivity contribution < 1.29 is 18.3 Å². The summed E-state index contributed by atoms with van der Waals surface area (Å²) in [6.07, 6.45) is 1.98. The number of ether oxygens (including phenoxy) is 2. The molecule has 0 atom stereocenters. The molecule has 5 heteroatoms. The number of rotatable bonds is 8. The van der Waals surface area contributed by atoms with E-state index in [-0.39, 0.29) is 5.75 Å². The third-order valence-electron chi connectivity index (χ3n) is 2.55. The van der Waals surface area contributed by atoms with Gasteiger partial charge in [-0.15, -0.1) is 0 Å². The van der Waals surface area contributed by atoms with Crippen LogP contribution in [0.2, 0.25) is 0 Å². The lowest BCUT2D eigenvalue weighted by atomic mass is 10.1.